The second-order valence-corrected chi connectivity index (χ2v) is 14.0. The van der Waals surface area contributed by atoms with Gasteiger partial charge in [-0.3, -0.25) is 4.79 Å². The number of ketones is 1. The first-order valence-electron chi connectivity index (χ1n) is 7.61. The van der Waals surface area contributed by atoms with Gasteiger partial charge >= 0.3 is 0 Å². The molecule has 0 bridgehead atoms. The van der Waals surface area contributed by atoms with Crippen LogP contribution in [0.1, 0.15) is 34.1 Å². The third kappa shape index (κ3) is 4.57. The average molecular weight is 337 g/mol. The zero-order chi connectivity index (χ0) is 17.0. The molecule has 1 aromatic carbocycles. The molecule has 0 aromatic heterocycles. The van der Waals surface area contributed by atoms with Crippen LogP contribution >= 0.6 is 11.8 Å². The van der Waals surface area contributed by atoms with Crippen molar-refractivity contribution in [3.05, 3.63) is 41.8 Å². The quantitative estimate of drug-likeness (QED) is 0.583. The molecule has 1 aromatic rings. The van der Waals surface area contributed by atoms with Gasteiger partial charge in [0.05, 0.1) is 13.3 Å². The minimum atomic E-state index is -2.12. The molecular weight excluding hydrogens is 308 g/mol. The van der Waals surface area contributed by atoms with E-state index in [-0.39, 0.29) is 17.2 Å². The molecule has 1 unspecified atom stereocenters. The summed E-state index contributed by atoms with van der Waals surface area (Å²) in [6.45, 7) is 12.3. The molecule has 0 amide bonds. The van der Waals surface area contributed by atoms with Crippen LogP contribution < -0.4 is 0 Å². The predicted octanol–water partition coefficient (Wildman–Crippen LogP) is 5.05. The molecule has 22 heavy (non-hydrogen) atoms. The molecule has 0 aliphatic heterocycles. The van der Waals surface area contributed by atoms with Gasteiger partial charge in [0.25, 0.3) is 0 Å². The molecule has 1 atom stereocenters. The molecule has 0 radical (unpaired) electrons. The van der Waals surface area contributed by atoms with Gasteiger partial charge in [0.15, 0.2) is 0 Å². The van der Waals surface area contributed by atoms with Crippen LogP contribution in [0.5, 0.6) is 0 Å². The van der Waals surface area contributed by atoms with Crippen LogP contribution in [-0.2, 0) is 4.79 Å². The molecule has 0 fully saturated rings. The number of thioether (sulfide) groups is 1. The summed E-state index contributed by atoms with van der Waals surface area (Å²) in [6, 6.07) is 10.0. The van der Waals surface area contributed by atoms with Crippen molar-refractivity contribution in [1.29, 1.82) is 0 Å². The Labute approximate surface area is 140 Å². The highest BCUT2D eigenvalue weighted by Gasteiger charge is 2.51. The first-order chi connectivity index (χ1) is 9.99. The highest BCUT2D eigenvalue weighted by Crippen LogP contribution is 2.45. The van der Waals surface area contributed by atoms with E-state index in [1.165, 1.54) is 0 Å². The second kappa shape index (κ2) is 7.15. The number of carbonyl (C=O) groups excluding carboxylic acids is 1. The Morgan fingerprint density at radius 1 is 1.23 bits per heavy atom. The van der Waals surface area contributed by atoms with Crippen LogP contribution in [0.3, 0.4) is 0 Å². The SMILES string of the molecule is CC(=O)CC(O)(/C=C/Sc1ccccc1)[Si](C)(C)C(C)(C)C. The maximum Gasteiger partial charge on any atom is 0.132 e. The van der Waals surface area contributed by atoms with Crippen molar-refractivity contribution in [1.82, 2.24) is 0 Å². The van der Waals surface area contributed by atoms with Crippen LogP contribution in [0.25, 0.3) is 0 Å². The van der Waals surface area contributed by atoms with E-state index in [0.29, 0.717) is 0 Å². The van der Waals surface area contributed by atoms with Gasteiger partial charge in [-0.1, -0.05) is 63.8 Å². The molecule has 4 heteroatoms. The normalized spacial score (nSPS) is 15.8. The summed E-state index contributed by atoms with van der Waals surface area (Å²) < 4.78 is 0. The number of rotatable bonds is 6. The predicted molar refractivity (Wildman–Crippen MR) is 98.9 cm³/mol. The third-order valence-electron chi connectivity index (χ3n) is 4.77. The van der Waals surface area contributed by atoms with E-state index >= 15 is 0 Å². The van der Waals surface area contributed by atoms with Crippen molar-refractivity contribution in [2.75, 3.05) is 0 Å². The average Bonchev–Trinajstić information content (AvgIpc) is 2.37. The topological polar surface area (TPSA) is 37.3 Å². The van der Waals surface area contributed by atoms with Crippen molar-refractivity contribution in [2.45, 2.75) is 62.4 Å². The lowest BCUT2D eigenvalue weighted by molar-refractivity contribution is -0.119. The van der Waals surface area contributed by atoms with Crippen LogP contribution in [0.2, 0.25) is 18.1 Å². The number of hydrogen-bond acceptors (Lipinski definition) is 3. The van der Waals surface area contributed by atoms with Crippen molar-refractivity contribution in [3.63, 3.8) is 0 Å². The Morgan fingerprint density at radius 3 is 2.23 bits per heavy atom. The summed E-state index contributed by atoms with van der Waals surface area (Å²) in [5.41, 5.74) is 0. The summed E-state index contributed by atoms with van der Waals surface area (Å²) in [5, 5.41) is 12.2. The molecule has 0 aliphatic rings. The maximum absolute atomic E-state index is 11.7. The molecular formula is C18H28O2SSi. The molecule has 1 rings (SSSR count). The Morgan fingerprint density at radius 2 is 1.77 bits per heavy atom. The van der Waals surface area contributed by atoms with Gasteiger partial charge in [-0.2, -0.15) is 0 Å². The molecule has 0 saturated carbocycles. The molecule has 0 aliphatic carbocycles. The van der Waals surface area contributed by atoms with Crippen LogP contribution in [0, 0.1) is 0 Å². The molecule has 122 valence electrons. The van der Waals surface area contributed by atoms with Crippen molar-refractivity contribution in [3.8, 4) is 0 Å². The van der Waals surface area contributed by atoms with E-state index in [2.05, 4.69) is 33.9 Å². The van der Waals surface area contributed by atoms with Crippen LogP contribution in [0.4, 0.5) is 0 Å². The van der Waals surface area contributed by atoms with Gasteiger partial charge in [0, 0.05) is 11.3 Å². The Kier molecular flexibility index (Phi) is 6.24. The first-order valence-corrected chi connectivity index (χ1v) is 11.5. The lowest BCUT2D eigenvalue weighted by atomic mass is 10.2. The zero-order valence-electron chi connectivity index (χ0n) is 14.5. The van der Waals surface area contributed by atoms with Crippen molar-refractivity contribution in [2.24, 2.45) is 0 Å². The molecule has 0 heterocycles. The number of carbonyl (C=O) groups is 1. The van der Waals surface area contributed by atoms with E-state index in [1.54, 1.807) is 18.7 Å². The largest absolute Gasteiger partial charge is 0.389 e. The summed E-state index contributed by atoms with van der Waals surface area (Å²) in [6.07, 6.45) is 2.04. The fraction of sp³-hybridized carbons (Fsp3) is 0.500. The first kappa shape index (κ1) is 19.2. The summed E-state index contributed by atoms with van der Waals surface area (Å²) >= 11 is 1.57. The lowest BCUT2D eigenvalue weighted by Gasteiger charge is -2.47. The fourth-order valence-corrected chi connectivity index (χ4v) is 5.62. The standard InChI is InChI=1S/C18H28O2SSi/c1-15(19)14-18(20,22(5,6)17(2,3)4)12-13-21-16-10-8-7-9-11-16/h7-13,20H,14H2,1-6H3/b13-12+. The van der Waals surface area contributed by atoms with Crippen molar-refractivity contribution < 1.29 is 9.90 Å². The van der Waals surface area contributed by atoms with Gasteiger partial charge in [-0.15, -0.1) is 0 Å². The Hall–Kier alpha value is -0.843. The van der Waals surface area contributed by atoms with E-state index in [0.717, 1.165) is 4.90 Å². The Balaban J connectivity index is 3.04. The molecule has 0 spiro atoms. The fourth-order valence-electron chi connectivity index (χ4n) is 2.24. The minimum absolute atomic E-state index is 0.00104. The zero-order valence-corrected chi connectivity index (χ0v) is 16.3. The van der Waals surface area contributed by atoms with Gasteiger partial charge in [0.1, 0.15) is 5.78 Å². The maximum atomic E-state index is 11.7. The monoisotopic (exact) mass is 336 g/mol. The number of benzene rings is 1. The van der Waals surface area contributed by atoms with E-state index < -0.39 is 13.3 Å². The van der Waals surface area contributed by atoms with E-state index in [9.17, 15) is 9.90 Å². The summed E-state index contributed by atoms with van der Waals surface area (Å²) in [5.74, 6) is 0.0293. The van der Waals surface area contributed by atoms with Gasteiger partial charge in [-0.05, 0) is 35.6 Å². The molecule has 2 nitrogen and oxygen atoms in total. The smallest absolute Gasteiger partial charge is 0.132 e. The van der Waals surface area contributed by atoms with Gasteiger partial charge < -0.3 is 5.11 Å². The van der Waals surface area contributed by atoms with E-state index in [4.69, 9.17) is 0 Å². The molecule has 1 N–H and O–H groups in total. The molecule has 0 saturated heterocycles. The highest BCUT2D eigenvalue weighted by molar-refractivity contribution is 8.02. The minimum Gasteiger partial charge on any atom is -0.389 e. The summed E-state index contributed by atoms with van der Waals surface area (Å²) in [4.78, 5) is 12.8. The summed E-state index contributed by atoms with van der Waals surface area (Å²) in [7, 11) is -2.12. The highest BCUT2D eigenvalue weighted by atomic mass is 32.2. The second-order valence-electron chi connectivity index (χ2n) is 7.41. The number of Topliss-reactive ketones (excluding diaryl/α,β-unsaturated/α-hetero) is 1. The lowest BCUT2D eigenvalue weighted by Crippen LogP contribution is -2.59. The van der Waals surface area contributed by atoms with E-state index in [1.807, 2.05) is 41.8 Å². The Bertz CT molecular complexity index is 532. The van der Waals surface area contributed by atoms with Crippen molar-refractivity contribution >= 4 is 25.6 Å². The number of hydrogen-bond donors (Lipinski definition) is 1. The third-order valence-corrected chi connectivity index (χ3v) is 11.8. The number of aliphatic hydroxyl groups is 1. The van der Waals surface area contributed by atoms with Crippen LogP contribution in [-0.4, -0.2) is 24.2 Å². The van der Waals surface area contributed by atoms with Crippen LogP contribution in [0.15, 0.2) is 46.7 Å². The van der Waals surface area contributed by atoms with Gasteiger partial charge in [0.2, 0.25) is 0 Å². The van der Waals surface area contributed by atoms with Gasteiger partial charge in [-0.25, -0.2) is 0 Å².